The number of nitrogens with one attached hydrogen (secondary N) is 1. The summed E-state index contributed by atoms with van der Waals surface area (Å²) in [6.07, 6.45) is 0.217. The maximum absolute atomic E-state index is 13.4. The fourth-order valence-corrected chi connectivity index (χ4v) is 5.86. The third-order valence-electron chi connectivity index (χ3n) is 6.38. The second-order valence-corrected chi connectivity index (χ2v) is 10.7. The van der Waals surface area contributed by atoms with Gasteiger partial charge < -0.3 is 10.2 Å². The van der Waals surface area contributed by atoms with Gasteiger partial charge in [0, 0.05) is 31.2 Å². The Morgan fingerprint density at radius 2 is 1.63 bits per heavy atom. The largest absolute Gasteiger partial charge is 0.338 e. The molecular weight excluding hydrogens is 499 g/mol. The minimum Gasteiger partial charge on any atom is -0.338 e. The van der Waals surface area contributed by atoms with Crippen LogP contribution < -0.4 is 5.32 Å². The average Bonchev–Trinajstić information content (AvgIpc) is 3.10. The Labute approximate surface area is 207 Å². The Hall–Kier alpha value is -3.02. The molecule has 0 spiro atoms. The van der Waals surface area contributed by atoms with Crippen LogP contribution in [0.25, 0.3) is 0 Å². The van der Waals surface area contributed by atoms with Crippen molar-refractivity contribution >= 4 is 39.5 Å². The molecule has 4 amide bonds. The number of piperazine rings is 1. The molecule has 0 bridgehead atoms. The number of sulfonamides is 1. The van der Waals surface area contributed by atoms with Crippen LogP contribution in [0, 0.1) is 5.82 Å². The van der Waals surface area contributed by atoms with Gasteiger partial charge in [0.1, 0.15) is 17.9 Å². The zero-order chi connectivity index (χ0) is 25.4. The third-order valence-corrected chi connectivity index (χ3v) is 8.54. The highest BCUT2D eigenvalue weighted by Gasteiger charge is 2.52. The Kier molecular flexibility index (Phi) is 6.85. The van der Waals surface area contributed by atoms with Crippen molar-refractivity contribution in [3.8, 4) is 0 Å². The van der Waals surface area contributed by atoms with Gasteiger partial charge >= 0.3 is 6.03 Å². The number of nitrogens with zero attached hydrogens (tertiary/aromatic N) is 3. The van der Waals surface area contributed by atoms with Gasteiger partial charge in [-0.3, -0.25) is 14.5 Å². The molecule has 0 unspecified atom stereocenters. The highest BCUT2D eigenvalue weighted by molar-refractivity contribution is 7.89. The number of urea groups is 1. The summed E-state index contributed by atoms with van der Waals surface area (Å²) in [5.41, 5.74) is -0.952. The summed E-state index contributed by atoms with van der Waals surface area (Å²) in [7, 11) is -3.74. The number of amides is 4. The van der Waals surface area contributed by atoms with Gasteiger partial charge in [-0.25, -0.2) is 17.6 Å². The van der Waals surface area contributed by atoms with Gasteiger partial charge in [0.2, 0.25) is 15.9 Å². The predicted molar refractivity (Wildman–Crippen MR) is 125 cm³/mol. The van der Waals surface area contributed by atoms with E-state index in [0.29, 0.717) is 10.6 Å². The van der Waals surface area contributed by atoms with Crippen LogP contribution >= 0.6 is 11.6 Å². The van der Waals surface area contributed by atoms with Crippen molar-refractivity contribution in [1.82, 2.24) is 19.4 Å². The molecule has 2 aromatic carbocycles. The minimum atomic E-state index is -3.74. The molecule has 0 aliphatic carbocycles. The zero-order valence-corrected chi connectivity index (χ0v) is 20.5. The summed E-state index contributed by atoms with van der Waals surface area (Å²) in [6, 6.07) is 10.4. The standard InChI is InChI=1S/C23H24ClFN4O5S/c1-2-23(16-3-7-18(25)8-4-16)21(31)29(22(32)26-23)15-20(30)27-11-13-28(14-12-27)35(33,34)19-9-5-17(24)6-10-19/h3-10H,2,11-15H2,1H3,(H,26,32)/t23-/m0/s1. The molecule has 186 valence electrons. The van der Waals surface area contributed by atoms with E-state index in [2.05, 4.69) is 5.32 Å². The number of hydrogen-bond donors (Lipinski definition) is 1. The summed E-state index contributed by atoms with van der Waals surface area (Å²) in [5.74, 6) is -1.53. The molecule has 2 fully saturated rings. The molecule has 0 aromatic heterocycles. The molecule has 2 aliphatic rings. The van der Waals surface area contributed by atoms with Crippen molar-refractivity contribution in [3.05, 3.63) is 64.9 Å². The zero-order valence-electron chi connectivity index (χ0n) is 18.9. The molecule has 0 radical (unpaired) electrons. The molecule has 2 aromatic rings. The Bertz CT molecular complexity index is 1250. The van der Waals surface area contributed by atoms with Crippen molar-refractivity contribution in [2.45, 2.75) is 23.8 Å². The van der Waals surface area contributed by atoms with Crippen LogP contribution in [0.1, 0.15) is 18.9 Å². The molecule has 35 heavy (non-hydrogen) atoms. The molecular formula is C23H24ClFN4O5S. The lowest BCUT2D eigenvalue weighted by molar-refractivity contribution is -0.139. The number of hydrogen-bond acceptors (Lipinski definition) is 5. The Morgan fingerprint density at radius 3 is 2.20 bits per heavy atom. The minimum absolute atomic E-state index is 0.0747. The predicted octanol–water partition coefficient (Wildman–Crippen LogP) is 2.17. The van der Waals surface area contributed by atoms with E-state index in [1.54, 1.807) is 6.92 Å². The van der Waals surface area contributed by atoms with Crippen molar-refractivity contribution in [2.75, 3.05) is 32.7 Å². The van der Waals surface area contributed by atoms with Crippen LogP contribution in [0.15, 0.2) is 53.4 Å². The maximum atomic E-state index is 13.4. The van der Waals surface area contributed by atoms with Gasteiger partial charge in [-0.1, -0.05) is 30.7 Å². The number of rotatable bonds is 6. The summed E-state index contributed by atoms with van der Waals surface area (Å²) in [6.45, 7) is 1.62. The first-order valence-corrected chi connectivity index (χ1v) is 12.8. The van der Waals surface area contributed by atoms with E-state index in [1.807, 2.05) is 0 Å². The molecule has 9 nitrogen and oxygen atoms in total. The number of imide groups is 1. The normalized spacial score (nSPS) is 21.3. The van der Waals surface area contributed by atoms with Crippen LogP contribution in [0.2, 0.25) is 5.02 Å². The van der Waals surface area contributed by atoms with Crippen LogP contribution in [0.5, 0.6) is 0 Å². The molecule has 2 heterocycles. The average molecular weight is 523 g/mol. The van der Waals surface area contributed by atoms with Gasteiger partial charge in [0.05, 0.1) is 4.90 Å². The van der Waals surface area contributed by atoms with Crippen LogP contribution in [-0.4, -0.2) is 73.1 Å². The lowest BCUT2D eigenvalue weighted by Gasteiger charge is -2.34. The molecule has 12 heteroatoms. The highest BCUT2D eigenvalue weighted by atomic mass is 35.5. The lowest BCUT2D eigenvalue weighted by Crippen LogP contribution is -2.53. The van der Waals surface area contributed by atoms with Gasteiger partial charge in [-0.15, -0.1) is 0 Å². The Balaban J connectivity index is 1.41. The van der Waals surface area contributed by atoms with Gasteiger partial charge in [-0.05, 0) is 48.4 Å². The summed E-state index contributed by atoms with van der Waals surface area (Å²) in [4.78, 5) is 41.2. The molecule has 2 aliphatic heterocycles. The first-order chi connectivity index (χ1) is 16.6. The van der Waals surface area contributed by atoms with Gasteiger partial charge in [-0.2, -0.15) is 4.31 Å². The summed E-state index contributed by atoms with van der Waals surface area (Å²) < 4.78 is 40.3. The van der Waals surface area contributed by atoms with E-state index >= 15 is 0 Å². The van der Waals surface area contributed by atoms with Crippen LogP contribution in [0.3, 0.4) is 0 Å². The lowest BCUT2D eigenvalue weighted by atomic mass is 9.87. The first-order valence-electron chi connectivity index (χ1n) is 11.0. The maximum Gasteiger partial charge on any atom is 0.325 e. The van der Waals surface area contributed by atoms with Crippen LogP contribution in [-0.2, 0) is 25.2 Å². The first kappa shape index (κ1) is 25.1. The van der Waals surface area contributed by atoms with Gasteiger partial charge in [0.15, 0.2) is 0 Å². The van der Waals surface area contributed by atoms with E-state index in [9.17, 15) is 27.2 Å². The van der Waals surface area contributed by atoms with Crippen molar-refractivity contribution < 1.29 is 27.2 Å². The van der Waals surface area contributed by atoms with E-state index in [4.69, 9.17) is 11.6 Å². The fourth-order valence-electron chi connectivity index (χ4n) is 4.31. The van der Waals surface area contributed by atoms with Gasteiger partial charge in [0.25, 0.3) is 5.91 Å². The van der Waals surface area contributed by atoms with Crippen molar-refractivity contribution in [2.24, 2.45) is 0 Å². The Morgan fingerprint density at radius 1 is 1.03 bits per heavy atom. The molecule has 4 rings (SSSR count). The van der Waals surface area contributed by atoms with Crippen molar-refractivity contribution in [3.63, 3.8) is 0 Å². The van der Waals surface area contributed by atoms with E-state index in [1.165, 1.54) is 57.7 Å². The third kappa shape index (κ3) is 4.63. The van der Waals surface area contributed by atoms with E-state index in [0.717, 1.165) is 4.90 Å². The number of benzene rings is 2. The SMILES string of the molecule is CC[C@@]1(c2ccc(F)cc2)NC(=O)N(CC(=O)N2CCN(S(=O)(=O)c3ccc(Cl)cc3)CC2)C1=O. The summed E-state index contributed by atoms with van der Waals surface area (Å²) in [5, 5.41) is 3.08. The number of carbonyl (C=O) groups excluding carboxylic acids is 3. The molecule has 2 saturated heterocycles. The topological polar surface area (TPSA) is 107 Å². The smallest absolute Gasteiger partial charge is 0.325 e. The number of halogens is 2. The highest BCUT2D eigenvalue weighted by Crippen LogP contribution is 2.32. The van der Waals surface area contributed by atoms with Crippen molar-refractivity contribution in [1.29, 1.82) is 0 Å². The van der Waals surface area contributed by atoms with E-state index in [-0.39, 0.29) is 37.5 Å². The summed E-state index contributed by atoms with van der Waals surface area (Å²) >= 11 is 5.84. The second kappa shape index (κ2) is 9.56. The number of carbonyl (C=O) groups is 3. The second-order valence-electron chi connectivity index (χ2n) is 8.33. The molecule has 1 atom stereocenters. The molecule has 0 saturated carbocycles. The quantitative estimate of drug-likeness (QED) is 0.585. The molecule has 1 N–H and O–H groups in total. The van der Waals surface area contributed by atoms with E-state index < -0.39 is 45.8 Å². The van der Waals surface area contributed by atoms with Crippen LogP contribution in [0.4, 0.5) is 9.18 Å². The monoisotopic (exact) mass is 522 g/mol. The fraction of sp³-hybridized carbons (Fsp3) is 0.348.